The van der Waals surface area contributed by atoms with E-state index in [2.05, 4.69) is 10.3 Å². The second kappa shape index (κ2) is 10.2. The first kappa shape index (κ1) is 23.9. The Morgan fingerprint density at radius 1 is 1.06 bits per heavy atom. The van der Waals surface area contributed by atoms with Crippen LogP contribution in [0.1, 0.15) is 38.1 Å². The van der Waals surface area contributed by atoms with Crippen LogP contribution in [0.15, 0.2) is 52.9 Å². The van der Waals surface area contributed by atoms with Crippen molar-refractivity contribution in [2.75, 3.05) is 13.2 Å². The molecule has 0 aliphatic carbocycles. The van der Waals surface area contributed by atoms with Gasteiger partial charge < -0.3 is 19.4 Å². The SMILES string of the molecule is CCOC(=O)C1=C(C)NC(C)=C(C(=O)OCCc2ccccc2)C1c1nc(Cl)c(Cl)n1C. The van der Waals surface area contributed by atoms with Gasteiger partial charge in [-0.25, -0.2) is 14.6 Å². The molecule has 1 aromatic carbocycles. The summed E-state index contributed by atoms with van der Waals surface area (Å²) < 4.78 is 12.4. The van der Waals surface area contributed by atoms with Gasteiger partial charge in [0.25, 0.3) is 0 Å². The molecule has 0 saturated carbocycles. The summed E-state index contributed by atoms with van der Waals surface area (Å²) in [6, 6.07) is 9.71. The number of imidazole rings is 1. The highest BCUT2D eigenvalue weighted by Crippen LogP contribution is 2.40. The number of carbonyl (C=O) groups is 2. The summed E-state index contributed by atoms with van der Waals surface area (Å²) in [5.41, 5.74) is 2.68. The van der Waals surface area contributed by atoms with Crippen LogP contribution in [0.3, 0.4) is 0 Å². The summed E-state index contributed by atoms with van der Waals surface area (Å²) in [4.78, 5) is 30.4. The molecule has 0 saturated heterocycles. The molecule has 0 radical (unpaired) electrons. The summed E-state index contributed by atoms with van der Waals surface area (Å²) >= 11 is 12.4. The van der Waals surface area contributed by atoms with E-state index in [1.807, 2.05) is 30.3 Å². The summed E-state index contributed by atoms with van der Waals surface area (Å²) in [5.74, 6) is -1.62. The Labute approximate surface area is 197 Å². The smallest absolute Gasteiger partial charge is 0.336 e. The maximum Gasteiger partial charge on any atom is 0.336 e. The molecule has 32 heavy (non-hydrogen) atoms. The van der Waals surface area contributed by atoms with Gasteiger partial charge in [0.1, 0.15) is 11.0 Å². The monoisotopic (exact) mass is 477 g/mol. The second-order valence-electron chi connectivity index (χ2n) is 7.34. The van der Waals surface area contributed by atoms with Crippen molar-refractivity contribution in [3.8, 4) is 0 Å². The molecule has 3 rings (SSSR count). The molecule has 1 N–H and O–H groups in total. The molecule has 0 bridgehead atoms. The van der Waals surface area contributed by atoms with Crippen molar-refractivity contribution in [2.24, 2.45) is 7.05 Å². The van der Waals surface area contributed by atoms with E-state index < -0.39 is 17.9 Å². The summed E-state index contributed by atoms with van der Waals surface area (Å²) in [6.45, 7) is 5.58. The third-order valence-electron chi connectivity index (χ3n) is 5.22. The average molecular weight is 478 g/mol. The Kier molecular flexibility index (Phi) is 7.64. The molecular formula is C23H25Cl2N3O4. The van der Waals surface area contributed by atoms with Gasteiger partial charge in [-0.3, -0.25) is 0 Å². The van der Waals surface area contributed by atoms with E-state index in [1.165, 1.54) is 0 Å². The van der Waals surface area contributed by atoms with E-state index in [9.17, 15) is 9.59 Å². The van der Waals surface area contributed by atoms with Crippen LogP contribution in [0.2, 0.25) is 10.3 Å². The predicted molar refractivity (Wildman–Crippen MR) is 122 cm³/mol. The number of benzene rings is 1. The number of nitrogens with zero attached hydrogens (tertiary/aromatic N) is 2. The number of carbonyl (C=O) groups excluding carboxylic acids is 2. The Hall–Kier alpha value is -2.77. The molecule has 1 aliphatic heterocycles. The van der Waals surface area contributed by atoms with E-state index in [-0.39, 0.29) is 34.7 Å². The summed E-state index contributed by atoms with van der Waals surface area (Å²) in [7, 11) is 1.67. The zero-order valence-corrected chi connectivity index (χ0v) is 19.9. The van der Waals surface area contributed by atoms with E-state index in [1.54, 1.807) is 32.4 Å². The molecular weight excluding hydrogens is 453 g/mol. The fourth-order valence-electron chi connectivity index (χ4n) is 3.71. The van der Waals surface area contributed by atoms with Crippen LogP contribution in [-0.4, -0.2) is 34.7 Å². The number of dihydropyridines is 1. The number of nitrogens with one attached hydrogen (secondary N) is 1. The average Bonchev–Trinajstić information content (AvgIpc) is 3.01. The van der Waals surface area contributed by atoms with Gasteiger partial charge in [-0.1, -0.05) is 53.5 Å². The summed E-state index contributed by atoms with van der Waals surface area (Å²) in [6.07, 6.45) is 0.566. The van der Waals surface area contributed by atoms with Gasteiger partial charge in [0.15, 0.2) is 5.15 Å². The summed E-state index contributed by atoms with van der Waals surface area (Å²) in [5, 5.41) is 3.39. The van der Waals surface area contributed by atoms with E-state index in [0.29, 0.717) is 23.6 Å². The quantitative estimate of drug-likeness (QED) is 0.598. The number of aromatic nitrogens is 2. The first-order valence-corrected chi connectivity index (χ1v) is 11.0. The predicted octanol–water partition coefficient (Wildman–Crippen LogP) is 4.31. The highest BCUT2D eigenvalue weighted by atomic mass is 35.5. The van der Waals surface area contributed by atoms with Crippen LogP contribution >= 0.6 is 23.2 Å². The molecule has 0 spiro atoms. The molecule has 1 unspecified atom stereocenters. The fourth-order valence-corrected chi connectivity index (χ4v) is 4.05. The Morgan fingerprint density at radius 3 is 2.19 bits per heavy atom. The lowest BCUT2D eigenvalue weighted by molar-refractivity contribution is -0.139. The number of allylic oxidation sites excluding steroid dienone is 2. The number of esters is 2. The maximum absolute atomic E-state index is 13.2. The van der Waals surface area contributed by atoms with Crippen molar-refractivity contribution >= 4 is 35.1 Å². The molecule has 9 heteroatoms. The molecule has 1 aliphatic rings. The van der Waals surface area contributed by atoms with Crippen molar-refractivity contribution in [2.45, 2.75) is 33.1 Å². The van der Waals surface area contributed by atoms with Gasteiger partial charge in [0.2, 0.25) is 0 Å². The first-order valence-electron chi connectivity index (χ1n) is 10.2. The zero-order valence-electron chi connectivity index (χ0n) is 18.4. The highest BCUT2D eigenvalue weighted by Gasteiger charge is 2.41. The van der Waals surface area contributed by atoms with Crippen molar-refractivity contribution in [3.63, 3.8) is 0 Å². The third-order valence-corrected chi connectivity index (χ3v) is 6.01. The number of hydrogen-bond donors (Lipinski definition) is 1. The normalized spacial score (nSPS) is 16.1. The fraction of sp³-hybridized carbons (Fsp3) is 0.348. The molecule has 0 fully saturated rings. The number of hydrogen-bond acceptors (Lipinski definition) is 6. The van der Waals surface area contributed by atoms with Crippen molar-refractivity contribution in [3.05, 3.63) is 74.6 Å². The lowest BCUT2D eigenvalue weighted by atomic mass is 9.84. The van der Waals surface area contributed by atoms with Crippen LogP contribution in [0, 0.1) is 0 Å². The molecule has 7 nitrogen and oxygen atoms in total. The number of rotatable bonds is 7. The van der Waals surface area contributed by atoms with Gasteiger partial charge in [0, 0.05) is 24.9 Å². The Balaban J connectivity index is 1.97. The van der Waals surface area contributed by atoms with E-state index in [0.717, 1.165) is 5.56 Å². The van der Waals surface area contributed by atoms with E-state index >= 15 is 0 Å². The molecule has 0 amide bonds. The topological polar surface area (TPSA) is 82.4 Å². The lowest BCUT2D eigenvalue weighted by Gasteiger charge is -2.29. The Bertz CT molecular complexity index is 1090. The van der Waals surface area contributed by atoms with Crippen LogP contribution < -0.4 is 5.32 Å². The standard InChI is InChI=1S/C23H25Cl2N3O4/c1-5-31-22(29)16-13(2)26-14(3)17(18(16)21-27-19(24)20(25)28(21)4)23(30)32-12-11-15-9-7-6-8-10-15/h6-10,18,26H,5,11-12H2,1-4H3. The highest BCUT2D eigenvalue weighted by molar-refractivity contribution is 6.40. The molecule has 2 heterocycles. The first-order chi connectivity index (χ1) is 15.3. The maximum atomic E-state index is 13.2. The number of ether oxygens (including phenoxy) is 2. The van der Waals surface area contributed by atoms with Crippen LogP contribution in [0.25, 0.3) is 0 Å². The van der Waals surface area contributed by atoms with Crippen LogP contribution in [0.5, 0.6) is 0 Å². The molecule has 1 atom stereocenters. The second-order valence-corrected chi connectivity index (χ2v) is 8.05. The van der Waals surface area contributed by atoms with Crippen LogP contribution in [-0.2, 0) is 32.5 Å². The zero-order chi connectivity index (χ0) is 23.4. The largest absolute Gasteiger partial charge is 0.463 e. The third kappa shape index (κ3) is 4.84. The minimum absolute atomic E-state index is 0.0815. The molecule has 170 valence electrons. The van der Waals surface area contributed by atoms with Crippen molar-refractivity contribution < 1.29 is 19.1 Å². The van der Waals surface area contributed by atoms with Gasteiger partial charge in [-0.2, -0.15) is 0 Å². The van der Waals surface area contributed by atoms with Crippen molar-refractivity contribution in [1.82, 2.24) is 14.9 Å². The lowest BCUT2D eigenvalue weighted by Crippen LogP contribution is -2.33. The molecule has 1 aromatic heterocycles. The van der Waals surface area contributed by atoms with Gasteiger partial charge in [-0.05, 0) is 26.3 Å². The minimum Gasteiger partial charge on any atom is -0.463 e. The van der Waals surface area contributed by atoms with E-state index in [4.69, 9.17) is 32.7 Å². The molecule has 2 aromatic rings. The van der Waals surface area contributed by atoms with Crippen molar-refractivity contribution in [1.29, 1.82) is 0 Å². The van der Waals surface area contributed by atoms with Crippen LogP contribution in [0.4, 0.5) is 0 Å². The Morgan fingerprint density at radius 2 is 1.66 bits per heavy atom. The van der Waals surface area contributed by atoms with Gasteiger partial charge in [0.05, 0.1) is 30.3 Å². The minimum atomic E-state index is -0.852. The van der Waals surface area contributed by atoms with Gasteiger partial charge in [-0.15, -0.1) is 0 Å². The number of halogens is 2. The van der Waals surface area contributed by atoms with Gasteiger partial charge >= 0.3 is 11.9 Å².